The number of fused-ring (bicyclic) bond motifs is 1. The molecule has 2 fully saturated rings. The molecule has 0 spiro atoms. The Hall–Kier alpha value is -1.16. The molecule has 102 valence electrons. The van der Waals surface area contributed by atoms with Gasteiger partial charge in [-0.3, -0.25) is 14.4 Å². The van der Waals surface area contributed by atoms with E-state index in [0.717, 1.165) is 25.9 Å². The van der Waals surface area contributed by atoms with Crippen molar-refractivity contribution in [2.24, 2.45) is 0 Å². The molecule has 1 N–H and O–H groups in total. The van der Waals surface area contributed by atoms with Crippen LogP contribution in [0, 0.1) is 0 Å². The van der Waals surface area contributed by atoms with Crippen molar-refractivity contribution in [1.82, 2.24) is 14.4 Å². The van der Waals surface area contributed by atoms with Gasteiger partial charge in [-0.2, -0.15) is 0 Å². The third-order valence-corrected chi connectivity index (χ3v) is 6.72. The molecule has 2 aliphatic rings. The number of rotatable bonds is 2. The number of hydrogen-bond acceptors (Lipinski definition) is 2. The number of likely N-dealkylation sites (N-methyl/N-ethyl adjacent to an activating group) is 1. The van der Waals surface area contributed by atoms with E-state index in [1.807, 2.05) is 29.9 Å². The van der Waals surface area contributed by atoms with Crippen LogP contribution in [-0.4, -0.2) is 41.4 Å². The summed E-state index contributed by atoms with van der Waals surface area (Å²) in [5.74, 6) is -0.261. The zero-order valence-electron chi connectivity index (χ0n) is 11.0. The second-order valence-electron chi connectivity index (χ2n) is 5.15. The normalized spacial score (nSPS) is 31.3. The summed E-state index contributed by atoms with van der Waals surface area (Å²) < 4.78 is 16.8. The van der Waals surface area contributed by atoms with Crippen molar-refractivity contribution in [2.45, 2.75) is 18.9 Å². The van der Waals surface area contributed by atoms with E-state index in [9.17, 15) is 9.36 Å². The summed E-state index contributed by atoms with van der Waals surface area (Å²) in [6.07, 6.45) is 2.12. The van der Waals surface area contributed by atoms with Crippen LogP contribution in [0.25, 0.3) is 0 Å². The van der Waals surface area contributed by atoms with Crippen molar-refractivity contribution in [3.8, 4) is 0 Å². The third-order valence-electron chi connectivity index (χ3n) is 3.92. The Labute approximate surface area is 113 Å². The Balaban J connectivity index is 1.82. The van der Waals surface area contributed by atoms with Crippen molar-refractivity contribution < 1.29 is 9.36 Å². The third kappa shape index (κ3) is 2.12. The second-order valence-corrected chi connectivity index (χ2v) is 7.66. The SMILES string of the molecule is CN1C[C@@H]2CCCN2[P@@]1(=O)NC(=O)c1ccccc1. The molecule has 0 bridgehead atoms. The lowest BCUT2D eigenvalue weighted by Crippen LogP contribution is -2.32. The zero-order chi connectivity index (χ0) is 13.5. The van der Waals surface area contributed by atoms with E-state index in [0.29, 0.717) is 11.6 Å². The maximum absolute atomic E-state index is 13.1. The van der Waals surface area contributed by atoms with Gasteiger partial charge in [0.1, 0.15) is 0 Å². The molecule has 0 aliphatic carbocycles. The van der Waals surface area contributed by atoms with Crippen LogP contribution in [0.2, 0.25) is 0 Å². The minimum Gasteiger partial charge on any atom is -0.279 e. The monoisotopic (exact) mass is 279 g/mol. The largest absolute Gasteiger partial charge is 0.311 e. The van der Waals surface area contributed by atoms with Crippen LogP contribution in [0.3, 0.4) is 0 Å². The topological polar surface area (TPSA) is 52.6 Å². The first-order chi connectivity index (χ1) is 9.11. The summed E-state index contributed by atoms with van der Waals surface area (Å²) in [4.78, 5) is 12.2. The van der Waals surface area contributed by atoms with E-state index < -0.39 is 7.59 Å². The van der Waals surface area contributed by atoms with Crippen LogP contribution >= 0.6 is 7.59 Å². The number of carbonyl (C=O) groups excluding carboxylic acids is 1. The summed E-state index contributed by atoms with van der Waals surface area (Å²) >= 11 is 0. The van der Waals surface area contributed by atoms with Crippen LogP contribution in [0.5, 0.6) is 0 Å². The first-order valence-corrected chi connectivity index (χ1v) is 8.19. The van der Waals surface area contributed by atoms with Crippen LogP contribution < -0.4 is 5.09 Å². The Morgan fingerprint density at radius 3 is 2.84 bits per heavy atom. The molecule has 2 heterocycles. The van der Waals surface area contributed by atoms with Gasteiger partial charge in [-0.1, -0.05) is 18.2 Å². The molecule has 1 aromatic carbocycles. The van der Waals surface area contributed by atoms with Gasteiger partial charge in [-0.25, -0.2) is 9.34 Å². The molecule has 1 amide bonds. The molecule has 0 unspecified atom stereocenters. The Bertz CT molecular complexity index is 534. The van der Waals surface area contributed by atoms with Crippen LogP contribution in [-0.2, 0) is 4.57 Å². The summed E-state index contributed by atoms with van der Waals surface area (Å²) in [5.41, 5.74) is 0.550. The fourth-order valence-electron chi connectivity index (χ4n) is 2.91. The van der Waals surface area contributed by atoms with Gasteiger partial charge in [0.25, 0.3) is 5.91 Å². The standard InChI is InChI=1S/C13H18N3O2P/c1-15-10-12-8-5-9-16(12)19(15,18)14-13(17)11-6-3-2-4-7-11/h2-4,6-7,12H,5,8-10H2,1H3,(H,14,17,18)/t12-,19+/m0/s1. The van der Waals surface area contributed by atoms with Crippen molar-refractivity contribution >= 4 is 13.5 Å². The van der Waals surface area contributed by atoms with Crippen LogP contribution in [0.15, 0.2) is 30.3 Å². The highest BCUT2D eigenvalue weighted by Crippen LogP contribution is 2.57. The maximum atomic E-state index is 13.1. The molecule has 0 aromatic heterocycles. The molecule has 2 saturated heterocycles. The Morgan fingerprint density at radius 1 is 1.37 bits per heavy atom. The van der Waals surface area contributed by atoms with E-state index in [1.54, 1.807) is 16.8 Å². The molecular weight excluding hydrogens is 261 g/mol. The molecule has 2 atom stereocenters. The Morgan fingerprint density at radius 2 is 2.11 bits per heavy atom. The smallest absolute Gasteiger partial charge is 0.279 e. The number of hydrogen-bond donors (Lipinski definition) is 1. The molecule has 0 radical (unpaired) electrons. The number of amides is 1. The highest BCUT2D eigenvalue weighted by atomic mass is 31.2. The number of carbonyl (C=O) groups is 1. The lowest BCUT2D eigenvalue weighted by Gasteiger charge is -2.27. The molecule has 2 aliphatic heterocycles. The number of nitrogens with zero attached hydrogens (tertiary/aromatic N) is 2. The minimum atomic E-state index is -2.92. The van der Waals surface area contributed by atoms with Crippen molar-refractivity contribution in [2.75, 3.05) is 20.1 Å². The van der Waals surface area contributed by atoms with Crippen molar-refractivity contribution in [3.05, 3.63) is 35.9 Å². The predicted octanol–water partition coefficient (Wildman–Crippen LogP) is 1.93. The van der Waals surface area contributed by atoms with Gasteiger partial charge >= 0.3 is 7.59 Å². The van der Waals surface area contributed by atoms with Gasteiger partial charge in [0.15, 0.2) is 0 Å². The van der Waals surface area contributed by atoms with Gasteiger partial charge in [0, 0.05) is 24.7 Å². The number of nitrogens with one attached hydrogen (secondary N) is 1. The maximum Gasteiger partial charge on any atom is 0.311 e. The van der Waals surface area contributed by atoms with Gasteiger partial charge in [-0.15, -0.1) is 0 Å². The first-order valence-electron chi connectivity index (χ1n) is 6.58. The summed E-state index contributed by atoms with van der Waals surface area (Å²) in [6.45, 7) is 1.58. The fraction of sp³-hybridized carbons (Fsp3) is 0.462. The van der Waals surface area contributed by atoms with E-state index in [1.165, 1.54) is 0 Å². The summed E-state index contributed by atoms with van der Waals surface area (Å²) in [6, 6.07) is 9.27. The molecule has 5 nitrogen and oxygen atoms in total. The number of benzene rings is 1. The highest BCUT2D eigenvalue weighted by molar-refractivity contribution is 7.58. The second kappa shape index (κ2) is 4.75. The molecule has 6 heteroatoms. The van der Waals surface area contributed by atoms with E-state index >= 15 is 0 Å². The molecule has 0 saturated carbocycles. The van der Waals surface area contributed by atoms with Gasteiger partial charge in [0.2, 0.25) is 0 Å². The molecule has 19 heavy (non-hydrogen) atoms. The van der Waals surface area contributed by atoms with E-state index in [4.69, 9.17) is 0 Å². The van der Waals surface area contributed by atoms with Gasteiger partial charge in [-0.05, 0) is 32.0 Å². The van der Waals surface area contributed by atoms with Crippen LogP contribution in [0.1, 0.15) is 23.2 Å². The first kappa shape index (κ1) is 12.9. The quantitative estimate of drug-likeness (QED) is 0.841. The van der Waals surface area contributed by atoms with Crippen LogP contribution in [0.4, 0.5) is 0 Å². The van der Waals surface area contributed by atoms with Crippen molar-refractivity contribution in [3.63, 3.8) is 0 Å². The lowest BCUT2D eigenvalue weighted by molar-refractivity contribution is 0.0976. The molecule has 3 rings (SSSR count). The fourth-order valence-corrected chi connectivity index (χ4v) is 5.45. The van der Waals surface area contributed by atoms with E-state index in [-0.39, 0.29) is 5.91 Å². The van der Waals surface area contributed by atoms with E-state index in [2.05, 4.69) is 5.09 Å². The molecular formula is C13H18N3O2P. The average molecular weight is 279 g/mol. The summed E-state index contributed by atoms with van der Waals surface area (Å²) in [5, 5.41) is 2.76. The highest BCUT2D eigenvalue weighted by Gasteiger charge is 2.49. The lowest BCUT2D eigenvalue weighted by atomic mass is 10.2. The summed E-state index contributed by atoms with van der Waals surface area (Å²) in [7, 11) is -1.10. The minimum absolute atomic E-state index is 0.261. The van der Waals surface area contributed by atoms with Gasteiger partial charge in [0.05, 0.1) is 0 Å². The zero-order valence-corrected chi connectivity index (χ0v) is 11.8. The Kier molecular flexibility index (Phi) is 3.21. The average Bonchev–Trinajstić information content (AvgIpc) is 2.95. The van der Waals surface area contributed by atoms with Crippen molar-refractivity contribution in [1.29, 1.82) is 0 Å². The predicted molar refractivity (Wildman–Crippen MR) is 73.9 cm³/mol. The molecule has 1 aromatic rings. The van der Waals surface area contributed by atoms with Gasteiger partial charge < -0.3 is 0 Å².